The number of hydrogen-bond donors (Lipinski definition) is 2. The summed E-state index contributed by atoms with van der Waals surface area (Å²) in [5.41, 5.74) is 2.66. The number of carbonyl (C=O) groups is 1. The molecule has 7 heteroatoms. The number of amides is 1. The molecular weight excluding hydrogens is 388 g/mol. The molecule has 0 bridgehead atoms. The molecule has 160 valence electrons. The molecule has 1 amide bonds. The molecule has 0 aliphatic carbocycles. The van der Waals surface area contributed by atoms with Gasteiger partial charge < -0.3 is 15.0 Å². The van der Waals surface area contributed by atoms with E-state index in [1.165, 1.54) is 0 Å². The summed E-state index contributed by atoms with van der Waals surface area (Å²) in [6.45, 7) is 2.45. The molecule has 2 N–H and O–H groups in total. The van der Waals surface area contributed by atoms with E-state index in [9.17, 15) is 4.79 Å². The third-order valence-corrected chi connectivity index (χ3v) is 5.68. The van der Waals surface area contributed by atoms with Gasteiger partial charge in [0.2, 0.25) is 0 Å². The van der Waals surface area contributed by atoms with Crippen LogP contribution >= 0.6 is 12.4 Å². The van der Waals surface area contributed by atoms with Crippen molar-refractivity contribution in [2.24, 2.45) is 0 Å². The number of aromatic amines is 1. The number of ether oxygens (including phenoxy) is 1. The number of H-pyrrole nitrogens is 1. The molecule has 29 heavy (non-hydrogen) atoms. The van der Waals surface area contributed by atoms with Crippen molar-refractivity contribution >= 4 is 18.3 Å². The summed E-state index contributed by atoms with van der Waals surface area (Å²) in [6.07, 6.45) is 5.63. The average Bonchev–Trinajstić information content (AvgIpc) is 3.23. The second kappa shape index (κ2) is 11.3. The first kappa shape index (κ1) is 23.4. The van der Waals surface area contributed by atoms with Crippen LogP contribution < -0.4 is 5.32 Å². The molecule has 1 aromatic heterocycles. The van der Waals surface area contributed by atoms with Gasteiger partial charge in [-0.25, -0.2) is 0 Å². The van der Waals surface area contributed by atoms with Gasteiger partial charge in [-0.1, -0.05) is 36.8 Å². The summed E-state index contributed by atoms with van der Waals surface area (Å²) in [6, 6.07) is 12.3. The number of aromatic nitrogens is 2. The second-order valence-electron chi connectivity index (χ2n) is 7.63. The predicted molar refractivity (Wildman–Crippen MR) is 118 cm³/mol. The highest BCUT2D eigenvalue weighted by molar-refractivity contribution is 5.85. The van der Waals surface area contributed by atoms with Crippen molar-refractivity contribution in [1.82, 2.24) is 20.4 Å². The minimum Gasteiger partial charge on any atom is -0.368 e. The Balaban J connectivity index is 0.00000300. The second-order valence-corrected chi connectivity index (χ2v) is 7.63. The number of rotatable bonds is 9. The Morgan fingerprint density at radius 3 is 2.59 bits per heavy atom. The molecule has 3 rings (SSSR count). The molecule has 2 aromatic rings. The maximum atomic E-state index is 12.8. The van der Waals surface area contributed by atoms with Gasteiger partial charge >= 0.3 is 0 Å². The number of piperidine rings is 1. The fourth-order valence-corrected chi connectivity index (χ4v) is 3.87. The highest BCUT2D eigenvalue weighted by atomic mass is 35.5. The fraction of sp³-hybridized carbons (Fsp3) is 0.545. The van der Waals surface area contributed by atoms with Crippen LogP contribution in [0.1, 0.15) is 37.8 Å². The first-order chi connectivity index (χ1) is 13.6. The molecule has 0 saturated carbocycles. The van der Waals surface area contributed by atoms with Gasteiger partial charge in [-0.05, 0) is 51.3 Å². The number of benzene rings is 1. The molecule has 2 heterocycles. The standard InChI is InChI=1S/C22H32N4O2.ClH/c1-26(21(27)22(28-2)12-14-23-15-13-22)16-8-4-7-11-19-17-20(25-24-19)18-9-5-3-6-10-18;/h3,5-6,9-10,17,23H,4,7-8,11-16H2,1-2H3,(H,24,25);1H. The van der Waals surface area contributed by atoms with E-state index in [0.29, 0.717) is 0 Å². The maximum Gasteiger partial charge on any atom is 0.254 e. The van der Waals surface area contributed by atoms with Gasteiger partial charge in [-0.2, -0.15) is 5.10 Å². The number of halogens is 1. The fourth-order valence-electron chi connectivity index (χ4n) is 3.87. The number of methoxy groups -OCH3 is 1. The van der Waals surface area contributed by atoms with E-state index in [4.69, 9.17) is 4.74 Å². The van der Waals surface area contributed by atoms with E-state index >= 15 is 0 Å². The Kier molecular flexibility index (Phi) is 9.14. The van der Waals surface area contributed by atoms with Gasteiger partial charge in [0.1, 0.15) is 5.60 Å². The zero-order valence-corrected chi connectivity index (χ0v) is 18.3. The Hall–Kier alpha value is -1.89. The first-order valence-electron chi connectivity index (χ1n) is 10.3. The molecule has 1 aromatic carbocycles. The lowest BCUT2D eigenvalue weighted by Gasteiger charge is -2.37. The minimum absolute atomic E-state index is 0. The first-order valence-corrected chi connectivity index (χ1v) is 10.3. The quantitative estimate of drug-likeness (QED) is 0.609. The van der Waals surface area contributed by atoms with Gasteiger partial charge in [-0.15, -0.1) is 12.4 Å². The summed E-state index contributed by atoms with van der Waals surface area (Å²) in [7, 11) is 3.55. The SMILES string of the molecule is COC1(C(=O)N(C)CCCCCc2cc(-c3ccccc3)n[nH]2)CCNCC1.Cl. The Morgan fingerprint density at radius 2 is 1.90 bits per heavy atom. The third-order valence-electron chi connectivity index (χ3n) is 5.68. The van der Waals surface area contributed by atoms with Crippen molar-refractivity contribution in [3.05, 3.63) is 42.1 Å². The van der Waals surface area contributed by atoms with E-state index in [2.05, 4.69) is 33.7 Å². The number of carbonyl (C=O) groups excluding carboxylic acids is 1. The molecular formula is C22H33ClN4O2. The van der Waals surface area contributed by atoms with E-state index < -0.39 is 5.60 Å². The topological polar surface area (TPSA) is 70.2 Å². The van der Waals surface area contributed by atoms with Gasteiger partial charge in [0.25, 0.3) is 5.91 Å². The van der Waals surface area contributed by atoms with Crippen LogP contribution in [0.25, 0.3) is 11.3 Å². The molecule has 0 spiro atoms. The van der Waals surface area contributed by atoms with Crippen LogP contribution in [-0.2, 0) is 16.0 Å². The summed E-state index contributed by atoms with van der Waals surface area (Å²) in [5, 5.41) is 10.8. The van der Waals surface area contributed by atoms with Crippen molar-refractivity contribution in [2.45, 2.75) is 44.1 Å². The van der Waals surface area contributed by atoms with Crippen LogP contribution in [0.5, 0.6) is 0 Å². The van der Waals surface area contributed by atoms with Crippen LogP contribution in [0.4, 0.5) is 0 Å². The normalized spacial score (nSPS) is 15.5. The van der Waals surface area contributed by atoms with Crippen LogP contribution in [0, 0.1) is 0 Å². The van der Waals surface area contributed by atoms with E-state index in [-0.39, 0.29) is 18.3 Å². The summed E-state index contributed by atoms with van der Waals surface area (Å²) >= 11 is 0. The number of aryl methyl sites for hydroxylation is 1. The van der Waals surface area contributed by atoms with E-state index in [0.717, 1.165) is 75.1 Å². The van der Waals surface area contributed by atoms with Crippen molar-refractivity contribution in [3.63, 3.8) is 0 Å². The van der Waals surface area contributed by atoms with Crippen LogP contribution in [0.15, 0.2) is 36.4 Å². The maximum absolute atomic E-state index is 12.8. The van der Waals surface area contributed by atoms with E-state index in [1.807, 2.05) is 30.1 Å². The number of unbranched alkanes of at least 4 members (excludes halogenated alkanes) is 2. The molecule has 1 fully saturated rings. The summed E-state index contributed by atoms with van der Waals surface area (Å²) in [4.78, 5) is 14.7. The zero-order valence-electron chi connectivity index (χ0n) is 17.4. The molecule has 0 unspecified atom stereocenters. The highest BCUT2D eigenvalue weighted by Gasteiger charge is 2.41. The van der Waals surface area contributed by atoms with Crippen LogP contribution in [0.3, 0.4) is 0 Å². The summed E-state index contributed by atoms with van der Waals surface area (Å²) in [5.74, 6) is 0.123. The third kappa shape index (κ3) is 6.04. The van der Waals surface area contributed by atoms with Crippen molar-refractivity contribution in [3.8, 4) is 11.3 Å². The van der Waals surface area contributed by atoms with Gasteiger partial charge in [0.15, 0.2) is 0 Å². The molecule has 1 saturated heterocycles. The predicted octanol–water partition coefficient (Wildman–Crippen LogP) is 3.44. The van der Waals surface area contributed by atoms with Crippen molar-refractivity contribution < 1.29 is 9.53 Å². The minimum atomic E-state index is -0.635. The lowest BCUT2D eigenvalue weighted by atomic mass is 9.90. The van der Waals surface area contributed by atoms with Crippen molar-refractivity contribution in [1.29, 1.82) is 0 Å². The van der Waals surface area contributed by atoms with Gasteiger partial charge in [-0.3, -0.25) is 9.89 Å². The number of likely N-dealkylation sites (N-methyl/N-ethyl adjacent to an activating group) is 1. The number of nitrogens with zero attached hydrogens (tertiary/aromatic N) is 2. The Morgan fingerprint density at radius 1 is 1.17 bits per heavy atom. The van der Waals surface area contributed by atoms with Crippen LogP contribution in [0.2, 0.25) is 0 Å². The van der Waals surface area contributed by atoms with Crippen LogP contribution in [-0.4, -0.2) is 60.4 Å². The molecule has 1 aliphatic heterocycles. The molecule has 0 atom stereocenters. The molecule has 1 aliphatic rings. The number of nitrogens with one attached hydrogen (secondary N) is 2. The Labute approximate surface area is 179 Å². The summed E-state index contributed by atoms with van der Waals surface area (Å²) < 4.78 is 5.64. The van der Waals surface area contributed by atoms with Crippen molar-refractivity contribution in [2.75, 3.05) is 33.8 Å². The largest absolute Gasteiger partial charge is 0.368 e. The zero-order chi connectivity index (χ0) is 19.8. The lowest BCUT2D eigenvalue weighted by Crippen LogP contribution is -2.54. The van der Waals surface area contributed by atoms with E-state index in [1.54, 1.807) is 7.11 Å². The van der Waals surface area contributed by atoms with Gasteiger partial charge in [0.05, 0.1) is 5.69 Å². The highest BCUT2D eigenvalue weighted by Crippen LogP contribution is 2.25. The lowest BCUT2D eigenvalue weighted by molar-refractivity contribution is -0.157. The smallest absolute Gasteiger partial charge is 0.254 e. The van der Waals surface area contributed by atoms with Gasteiger partial charge in [0, 0.05) is 32.0 Å². The molecule has 6 nitrogen and oxygen atoms in total. The molecule has 0 radical (unpaired) electrons. The average molecular weight is 421 g/mol. The Bertz CT molecular complexity index is 744. The monoisotopic (exact) mass is 420 g/mol. The number of hydrogen-bond acceptors (Lipinski definition) is 4.